The largest absolute Gasteiger partial charge is 0.480 e. The molecule has 3 aromatic rings. The molecule has 0 radical (unpaired) electrons. The van der Waals surface area contributed by atoms with E-state index in [2.05, 4.69) is 17.1 Å². The lowest BCUT2D eigenvalue weighted by Gasteiger charge is -2.24. The summed E-state index contributed by atoms with van der Waals surface area (Å²) in [6, 6.07) is 15.0. The number of hydrogen-bond donors (Lipinski definition) is 1. The summed E-state index contributed by atoms with van der Waals surface area (Å²) in [4.78, 5) is 29.4. The summed E-state index contributed by atoms with van der Waals surface area (Å²) in [6.45, 7) is 1.56. The fourth-order valence-corrected chi connectivity index (χ4v) is 4.08. The van der Waals surface area contributed by atoms with E-state index in [1.54, 1.807) is 10.9 Å². The first kappa shape index (κ1) is 18.2. The zero-order valence-electron chi connectivity index (χ0n) is 15.1. The summed E-state index contributed by atoms with van der Waals surface area (Å²) in [5, 5.41) is 11.0. The first-order valence-corrected chi connectivity index (χ1v) is 9.77. The number of carboxylic acids is 1. The van der Waals surface area contributed by atoms with E-state index in [1.165, 1.54) is 18.3 Å². The van der Waals surface area contributed by atoms with Crippen LogP contribution in [0.25, 0.3) is 11.1 Å². The van der Waals surface area contributed by atoms with Gasteiger partial charge in [-0.2, -0.15) is 0 Å². The van der Waals surface area contributed by atoms with Crippen LogP contribution in [0, 0.1) is 0 Å². The van der Waals surface area contributed by atoms with Gasteiger partial charge in [0.15, 0.2) is 0 Å². The minimum Gasteiger partial charge on any atom is -0.480 e. The molecule has 0 aliphatic heterocycles. The molecule has 0 saturated heterocycles. The van der Waals surface area contributed by atoms with Crippen molar-refractivity contribution in [3.05, 3.63) is 70.5 Å². The van der Waals surface area contributed by atoms with Crippen LogP contribution < -0.4 is 4.90 Å². The Morgan fingerprint density at radius 2 is 1.75 bits per heavy atom. The van der Waals surface area contributed by atoms with Crippen LogP contribution in [0.1, 0.15) is 24.0 Å². The second-order valence-corrected chi connectivity index (χ2v) is 7.25. The van der Waals surface area contributed by atoms with Crippen LogP contribution in [0.2, 0.25) is 0 Å². The fourth-order valence-electron chi connectivity index (χ4n) is 3.55. The van der Waals surface area contributed by atoms with Crippen molar-refractivity contribution in [2.24, 2.45) is 0 Å². The van der Waals surface area contributed by atoms with E-state index in [0.717, 1.165) is 27.2 Å². The molecule has 6 nitrogen and oxygen atoms in total. The number of hydrogen-bond acceptors (Lipinski definition) is 5. The number of nitrogens with zero attached hydrogens (tertiary/aromatic N) is 2. The Bertz CT molecular complexity index is 973. The third-order valence-electron chi connectivity index (χ3n) is 4.94. The summed E-state index contributed by atoms with van der Waals surface area (Å²) < 4.78 is 5.59. The summed E-state index contributed by atoms with van der Waals surface area (Å²) in [5.41, 5.74) is 6.02. The number of aromatic nitrogens is 1. The highest BCUT2D eigenvalue weighted by molar-refractivity contribution is 7.07. The molecule has 7 heteroatoms. The lowest BCUT2D eigenvalue weighted by Crippen LogP contribution is -2.44. The zero-order chi connectivity index (χ0) is 19.7. The normalized spacial score (nSPS) is 13.5. The van der Waals surface area contributed by atoms with Gasteiger partial charge < -0.3 is 9.84 Å². The average molecular weight is 394 g/mol. The molecule has 1 amide bonds. The highest BCUT2D eigenvalue weighted by Gasteiger charge is 2.33. The monoisotopic (exact) mass is 394 g/mol. The Hall–Kier alpha value is -3.19. The van der Waals surface area contributed by atoms with Crippen molar-refractivity contribution in [1.82, 2.24) is 4.98 Å². The molecular weight excluding hydrogens is 376 g/mol. The molecule has 2 aromatic carbocycles. The molecular formula is C21H18N2O4S. The standard InChI is InChI=1S/C21H18N2O4S/c1-13(20(24)25)23(19-11-28-12-22-19)21(26)27-10-18-16-8-4-2-6-14(16)15-7-3-5-9-17(15)18/h2-9,11-13,18H,10H2,1H3,(H,24,25). The molecule has 0 bridgehead atoms. The van der Waals surface area contributed by atoms with Gasteiger partial charge in [0.05, 0.1) is 5.51 Å². The third-order valence-corrected chi connectivity index (χ3v) is 5.52. The van der Waals surface area contributed by atoms with Crippen molar-refractivity contribution in [1.29, 1.82) is 0 Å². The van der Waals surface area contributed by atoms with Gasteiger partial charge >= 0.3 is 12.1 Å². The van der Waals surface area contributed by atoms with E-state index in [9.17, 15) is 14.7 Å². The molecule has 0 saturated carbocycles. The molecule has 0 spiro atoms. The Morgan fingerprint density at radius 3 is 2.29 bits per heavy atom. The molecule has 1 heterocycles. The predicted octanol–water partition coefficient (Wildman–Crippen LogP) is 4.37. The number of ether oxygens (including phenoxy) is 1. The first-order chi connectivity index (χ1) is 13.6. The van der Waals surface area contributed by atoms with Crippen LogP contribution in [-0.4, -0.2) is 34.8 Å². The molecule has 28 heavy (non-hydrogen) atoms. The second kappa shape index (κ2) is 7.44. The number of carboxylic acid groups (broad SMARTS) is 1. The first-order valence-electron chi connectivity index (χ1n) is 8.83. The van der Waals surface area contributed by atoms with Crippen molar-refractivity contribution in [3.63, 3.8) is 0 Å². The van der Waals surface area contributed by atoms with Crippen LogP contribution in [0.15, 0.2) is 59.4 Å². The molecule has 1 unspecified atom stereocenters. The number of rotatable bonds is 5. The van der Waals surface area contributed by atoms with Crippen LogP contribution >= 0.6 is 11.3 Å². The fraction of sp³-hybridized carbons (Fsp3) is 0.190. The number of carbonyl (C=O) groups is 2. The van der Waals surface area contributed by atoms with Crippen molar-refractivity contribution in [3.8, 4) is 11.1 Å². The number of benzene rings is 2. The average Bonchev–Trinajstić information content (AvgIpc) is 3.33. The van der Waals surface area contributed by atoms with Crippen molar-refractivity contribution in [2.45, 2.75) is 18.9 Å². The Kier molecular flexibility index (Phi) is 4.83. The van der Waals surface area contributed by atoms with E-state index < -0.39 is 18.1 Å². The van der Waals surface area contributed by atoms with Gasteiger partial charge in [-0.05, 0) is 29.2 Å². The van der Waals surface area contributed by atoms with Gasteiger partial charge in [-0.15, -0.1) is 11.3 Å². The van der Waals surface area contributed by atoms with Crippen molar-refractivity contribution in [2.75, 3.05) is 11.5 Å². The Labute approximate surface area is 166 Å². The van der Waals surface area contributed by atoms with Crippen LogP contribution in [0.5, 0.6) is 0 Å². The number of thiazole rings is 1. The van der Waals surface area contributed by atoms with Gasteiger partial charge in [-0.3, -0.25) is 0 Å². The molecule has 1 aliphatic rings. The van der Waals surface area contributed by atoms with Gasteiger partial charge in [-0.25, -0.2) is 19.5 Å². The van der Waals surface area contributed by atoms with E-state index >= 15 is 0 Å². The van der Waals surface area contributed by atoms with E-state index in [1.807, 2.05) is 36.4 Å². The number of amides is 1. The summed E-state index contributed by atoms with van der Waals surface area (Å²) in [5.74, 6) is -0.938. The van der Waals surface area contributed by atoms with Crippen LogP contribution in [0.4, 0.5) is 10.6 Å². The molecule has 1 atom stereocenters. The summed E-state index contributed by atoms with van der Waals surface area (Å²) >= 11 is 1.29. The second-order valence-electron chi connectivity index (χ2n) is 6.53. The lowest BCUT2D eigenvalue weighted by atomic mass is 9.98. The Balaban J connectivity index is 1.58. The minimum atomic E-state index is -1.12. The topological polar surface area (TPSA) is 79.7 Å². The smallest absolute Gasteiger partial charge is 0.416 e. The van der Waals surface area contributed by atoms with E-state index in [0.29, 0.717) is 0 Å². The molecule has 1 aromatic heterocycles. The Morgan fingerprint density at radius 1 is 1.14 bits per heavy atom. The number of carbonyl (C=O) groups excluding carboxylic acids is 1. The van der Waals surface area contributed by atoms with Gasteiger partial charge in [0, 0.05) is 11.3 Å². The molecule has 142 valence electrons. The van der Waals surface area contributed by atoms with Gasteiger partial charge in [0.2, 0.25) is 0 Å². The number of fused-ring (bicyclic) bond motifs is 3. The molecule has 1 aliphatic carbocycles. The van der Waals surface area contributed by atoms with Gasteiger partial charge in [-0.1, -0.05) is 48.5 Å². The van der Waals surface area contributed by atoms with Crippen LogP contribution in [-0.2, 0) is 9.53 Å². The maximum absolute atomic E-state index is 12.8. The van der Waals surface area contributed by atoms with Gasteiger partial charge in [0.1, 0.15) is 18.5 Å². The third kappa shape index (κ3) is 3.14. The highest BCUT2D eigenvalue weighted by atomic mass is 32.1. The highest BCUT2D eigenvalue weighted by Crippen LogP contribution is 2.44. The number of anilines is 1. The molecule has 1 N–H and O–H groups in total. The number of aliphatic carboxylic acids is 1. The summed E-state index contributed by atoms with van der Waals surface area (Å²) in [6.07, 6.45) is -0.720. The summed E-state index contributed by atoms with van der Waals surface area (Å²) in [7, 11) is 0. The SMILES string of the molecule is CC(C(=O)O)N(C(=O)OCC1c2ccccc2-c2ccccc21)c1cscn1. The van der Waals surface area contributed by atoms with E-state index in [-0.39, 0.29) is 18.3 Å². The lowest BCUT2D eigenvalue weighted by molar-refractivity contribution is -0.138. The van der Waals surface area contributed by atoms with Crippen molar-refractivity contribution < 1.29 is 19.4 Å². The minimum absolute atomic E-state index is 0.0891. The predicted molar refractivity (Wildman–Crippen MR) is 107 cm³/mol. The van der Waals surface area contributed by atoms with Crippen molar-refractivity contribution >= 4 is 29.2 Å². The van der Waals surface area contributed by atoms with E-state index in [4.69, 9.17) is 4.74 Å². The molecule has 0 fully saturated rings. The quantitative estimate of drug-likeness (QED) is 0.695. The maximum atomic E-state index is 12.8. The van der Waals surface area contributed by atoms with Gasteiger partial charge in [0.25, 0.3) is 0 Å². The zero-order valence-corrected chi connectivity index (χ0v) is 15.9. The maximum Gasteiger partial charge on any atom is 0.416 e. The van der Waals surface area contributed by atoms with Crippen LogP contribution in [0.3, 0.4) is 0 Å². The molecule has 4 rings (SSSR count).